The molecule has 0 aliphatic heterocycles. The minimum Gasteiger partial charge on any atom is -0.300 e. The van der Waals surface area contributed by atoms with Crippen LogP contribution < -0.4 is 0 Å². The van der Waals surface area contributed by atoms with Gasteiger partial charge >= 0.3 is 0 Å². The first kappa shape index (κ1) is 13.5. The van der Waals surface area contributed by atoms with Crippen LogP contribution in [-0.2, 0) is 17.8 Å². The van der Waals surface area contributed by atoms with Crippen molar-refractivity contribution in [1.29, 1.82) is 0 Å². The van der Waals surface area contributed by atoms with Gasteiger partial charge in [0, 0.05) is 12.6 Å². The molecule has 2 rings (SSSR count). The predicted molar refractivity (Wildman–Crippen MR) is 74.0 cm³/mol. The van der Waals surface area contributed by atoms with Crippen molar-refractivity contribution >= 4 is 5.78 Å². The van der Waals surface area contributed by atoms with Crippen molar-refractivity contribution < 1.29 is 4.79 Å². The molecular weight excluding hydrogens is 238 g/mol. The van der Waals surface area contributed by atoms with Crippen molar-refractivity contribution in [3.05, 3.63) is 46.8 Å². The van der Waals surface area contributed by atoms with Crippen LogP contribution >= 0.6 is 0 Å². The van der Waals surface area contributed by atoms with Gasteiger partial charge in [0.1, 0.15) is 5.78 Å². The smallest absolute Gasteiger partial charge is 0.130 e. The lowest BCUT2D eigenvalue weighted by Gasteiger charge is -2.04. The summed E-state index contributed by atoms with van der Waals surface area (Å²) < 4.78 is 1.82. The second kappa shape index (κ2) is 5.78. The number of aromatic nitrogens is 3. The monoisotopic (exact) mass is 257 g/mol. The van der Waals surface area contributed by atoms with Crippen molar-refractivity contribution in [2.45, 2.75) is 40.2 Å². The van der Waals surface area contributed by atoms with E-state index in [2.05, 4.69) is 42.4 Å². The number of ketones is 1. The van der Waals surface area contributed by atoms with E-state index in [1.165, 1.54) is 16.7 Å². The maximum absolute atomic E-state index is 10.9. The van der Waals surface area contributed by atoms with Crippen molar-refractivity contribution in [3.8, 4) is 0 Å². The maximum atomic E-state index is 10.9. The van der Waals surface area contributed by atoms with Crippen LogP contribution in [0.5, 0.6) is 0 Å². The van der Waals surface area contributed by atoms with E-state index in [9.17, 15) is 4.79 Å². The lowest BCUT2D eigenvalue weighted by Crippen LogP contribution is -2.01. The fourth-order valence-electron chi connectivity index (χ4n) is 2.18. The SMILES string of the molecule is CC(=O)CCc1cn(Cc2cc(C)cc(C)c2)nn1. The van der Waals surface area contributed by atoms with Gasteiger partial charge in [-0.3, -0.25) is 0 Å². The van der Waals surface area contributed by atoms with Crippen LogP contribution in [0, 0.1) is 13.8 Å². The van der Waals surface area contributed by atoms with E-state index in [1.807, 2.05) is 10.9 Å². The minimum absolute atomic E-state index is 0.184. The molecule has 0 radical (unpaired) electrons. The molecule has 4 heteroatoms. The van der Waals surface area contributed by atoms with Crippen molar-refractivity contribution in [1.82, 2.24) is 15.0 Å². The van der Waals surface area contributed by atoms with Crippen molar-refractivity contribution in [2.75, 3.05) is 0 Å². The molecule has 0 N–H and O–H groups in total. The molecule has 0 spiro atoms. The molecule has 0 unspecified atom stereocenters. The lowest BCUT2D eigenvalue weighted by molar-refractivity contribution is -0.116. The molecule has 4 nitrogen and oxygen atoms in total. The molecular formula is C15H19N3O. The average Bonchev–Trinajstić information content (AvgIpc) is 2.72. The standard InChI is InChI=1S/C15H19N3O/c1-11-6-12(2)8-14(7-11)9-18-10-15(16-17-18)5-4-13(3)19/h6-8,10H,4-5,9H2,1-3H3. The molecule has 0 aliphatic rings. The van der Waals surface area contributed by atoms with Crippen LogP contribution in [0.3, 0.4) is 0 Å². The first-order valence-electron chi connectivity index (χ1n) is 6.48. The van der Waals surface area contributed by atoms with Gasteiger partial charge in [-0.15, -0.1) is 5.10 Å². The van der Waals surface area contributed by atoms with Crippen molar-refractivity contribution in [3.63, 3.8) is 0 Å². The summed E-state index contributed by atoms with van der Waals surface area (Å²) in [6, 6.07) is 6.47. The van der Waals surface area contributed by atoms with Crippen LogP contribution in [0.15, 0.2) is 24.4 Å². The summed E-state index contributed by atoms with van der Waals surface area (Å²) in [5.74, 6) is 0.184. The number of aryl methyl sites for hydroxylation is 3. The fraction of sp³-hybridized carbons (Fsp3) is 0.400. The normalized spacial score (nSPS) is 10.7. The zero-order valence-electron chi connectivity index (χ0n) is 11.7. The third-order valence-corrected chi connectivity index (χ3v) is 2.95. The summed E-state index contributed by atoms with van der Waals surface area (Å²) in [5, 5.41) is 8.19. The number of rotatable bonds is 5. The Labute approximate surface area is 113 Å². The van der Waals surface area contributed by atoms with Gasteiger partial charge in [-0.05, 0) is 32.8 Å². The van der Waals surface area contributed by atoms with Gasteiger partial charge in [-0.25, -0.2) is 4.68 Å². The number of benzene rings is 1. The Bertz CT molecular complexity index is 567. The zero-order chi connectivity index (χ0) is 13.8. The highest BCUT2D eigenvalue weighted by Crippen LogP contribution is 2.10. The Hall–Kier alpha value is -1.97. The van der Waals surface area contributed by atoms with Crippen LogP contribution in [0.25, 0.3) is 0 Å². The lowest BCUT2D eigenvalue weighted by atomic mass is 10.1. The quantitative estimate of drug-likeness (QED) is 0.826. The van der Waals surface area contributed by atoms with E-state index in [-0.39, 0.29) is 5.78 Å². The summed E-state index contributed by atoms with van der Waals surface area (Å²) in [5.41, 5.74) is 4.61. The predicted octanol–water partition coefficient (Wildman–Crippen LogP) is 2.46. The average molecular weight is 257 g/mol. The van der Waals surface area contributed by atoms with Gasteiger partial charge < -0.3 is 4.79 Å². The number of hydrogen-bond donors (Lipinski definition) is 0. The van der Waals surface area contributed by atoms with Crippen LogP contribution in [0.2, 0.25) is 0 Å². The third kappa shape index (κ3) is 4.02. The molecule has 0 amide bonds. The first-order chi connectivity index (χ1) is 9.02. The molecule has 2 aromatic rings. The van der Waals surface area contributed by atoms with E-state index < -0.39 is 0 Å². The van der Waals surface area contributed by atoms with Crippen LogP contribution in [-0.4, -0.2) is 20.8 Å². The Morgan fingerprint density at radius 3 is 2.53 bits per heavy atom. The van der Waals surface area contributed by atoms with Crippen molar-refractivity contribution in [2.24, 2.45) is 0 Å². The molecule has 19 heavy (non-hydrogen) atoms. The molecule has 0 bridgehead atoms. The topological polar surface area (TPSA) is 47.8 Å². The van der Waals surface area contributed by atoms with Gasteiger partial charge in [0.15, 0.2) is 0 Å². The molecule has 100 valence electrons. The summed E-state index contributed by atoms with van der Waals surface area (Å²) >= 11 is 0. The molecule has 1 aromatic carbocycles. The molecule has 1 heterocycles. The highest BCUT2D eigenvalue weighted by molar-refractivity contribution is 5.75. The molecule has 0 fully saturated rings. The van der Waals surface area contributed by atoms with Crippen LogP contribution in [0.1, 0.15) is 35.7 Å². The third-order valence-electron chi connectivity index (χ3n) is 2.95. The highest BCUT2D eigenvalue weighted by Gasteiger charge is 2.04. The maximum Gasteiger partial charge on any atom is 0.130 e. The number of nitrogens with zero attached hydrogens (tertiary/aromatic N) is 3. The zero-order valence-corrected chi connectivity index (χ0v) is 11.7. The number of hydrogen-bond acceptors (Lipinski definition) is 3. The van der Waals surface area contributed by atoms with Crippen LogP contribution in [0.4, 0.5) is 0 Å². The van der Waals surface area contributed by atoms with E-state index in [1.54, 1.807) is 6.92 Å². The van der Waals surface area contributed by atoms with E-state index in [0.717, 1.165) is 12.2 Å². The summed E-state index contributed by atoms with van der Waals surface area (Å²) in [7, 11) is 0. The summed E-state index contributed by atoms with van der Waals surface area (Å²) in [6.07, 6.45) is 3.12. The number of Topliss-reactive ketones (excluding diaryl/α,β-unsaturated/α-hetero) is 1. The second-order valence-corrected chi connectivity index (χ2v) is 5.11. The highest BCUT2D eigenvalue weighted by atomic mass is 16.1. The minimum atomic E-state index is 0.184. The molecule has 0 saturated carbocycles. The molecule has 1 aromatic heterocycles. The summed E-state index contributed by atoms with van der Waals surface area (Å²) in [4.78, 5) is 10.9. The Kier molecular flexibility index (Phi) is 4.10. The second-order valence-electron chi connectivity index (χ2n) is 5.11. The first-order valence-corrected chi connectivity index (χ1v) is 6.48. The van der Waals surface area contributed by atoms with Gasteiger partial charge in [0.05, 0.1) is 12.2 Å². The van der Waals surface area contributed by atoms with E-state index in [0.29, 0.717) is 12.8 Å². The Morgan fingerprint density at radius 1 is 1.21 bits per heavy atom. The molecule has 0 saturated heterocycles. The molecule has 0 atom stereocenters. The Balaban J connectivity index is 2.05. The summed E-state index contributed by atoms with van der Waals surface area (Å²) in [6.45, 7) is 6.50. The Morgan fingerprint density at radius 2 is 1.89 bits per heavy atom. The van der Waals surface area contributed by atoms with Gasteiger partial charge in [-0.1, -0.05) is 34.5 Å². The largest absolute Gasteiger partial charge is 0.300 e. The molecule has 0 aliphatic carbocycles. The van der Waals surface area contributed by atoms with Gasteiger partial charge in [0.2, 0.25) is 0 Å². The van der Waals surface area contributed by atoms with Gasteiger partial charge in [0.25, 0.3) is 0 Å². The van der Waals surface area contributed by atoms with E-state index in [4.69, 9.17) is 0 Å². The number of carbonyl (C=O) groups is 1. The number of carbonyl (C=O) groups excluding carboxylic acids is 1. The fourth-order valence-corrected chi connectivity index (χ4v) is 2.18. The van der Waals surface area contributed by atoms with Gasteiger partial charge in [-0.2, -0.15) is 0 Å². The van der Waals surface area contributed by atoms with E-state index >= 15 is 0 Å².